The Morgan fingerprint density at radius 1 is 1.33 bits per heavy atom. The molecule has 0 saturated heterocycles. The van der Waals surface area contributed by atoms with Crippen molar-refractivity contribution in [2.24, 2.45) is 0 Å². The summed E-state index contributed by atoms with van der Waals surface area (Å²) in [5.41, 5.74) is 2.97. The highest BCUT2D eigenvalue weighted by Crippen LogP contribution is 2.32. The number of nitrogens with zero attached hydrogens (tertiary/aromatic N) is 1. The molecule has 0 saturated carbocycles. The normalized spacial score (nSPS) is 17.6. The first-order valence-corrected chi connectivity index (χ1v) is 8.20. The predicted octanol–water partition coefficient (Wildman–Crippen LogP) is 3.38. The Bertz CT molecular complexity index is 458. The van der Waals surface area contributed by atoms with Crippen LogP contribution in [0.3, 0.4) is 0 Å². The summed E-state index contributed by atoms with van der Waals surface area (Å²) in [6.45, 7) is 6.82. The molecule has 2 rings (SSSR count). The van der Waals surface area contributed by atoms with Crippen molar-refractivity contribution in [1.29, 1.82) is 0 Å². The minimum absolute atomic E-state index is 0.102. The molecular formula is C18H27NO2. The molecule has 1 aromatic carbocycles. The van der Waals surface area contributed by atoms with E-state index in [0.29, 0.717) is 19.1 Å². The van der Waals surface area contributed by atoms with Crippen LogP contribution in [0.25, 0.3) is 0 Å². The quantitative estimate of drug-likeness (QED) is 0.721. The highest BCUT2D eigenvalue weighted by atomic mass is 16.5. The molecule has 1 aliphatic rings. The van der Waals surface area contributed by atoms with E-state index in [1.807, 2.05) is 6.92 Å². The fraction of sp³-hybridized carbons (Fsp3) is 0.611. The van der Waals surface area contributed by atoms with Gasteiger partial charge in [0.15, 0.2) is 0 Å². The Hall–Kier alpha value is -1.35. The number of rotatable bonds is 7. The number of esters is 1. The lowest BCUT2D eigenvalue weighted by molar-refractivity contribution is -0.144. The van der Waals surface area contributed by atoms with Gasteiger partial charge in [-0.1, -0.05) is 31.2 Å². The number of ether oxygens (including phenoxy) is 1. The number of fused-ring (bicyclic) bond motifs is 1. The van der Waals surface area contributed by atoms with Crippen LogP contribution in [0.4, 0.5) is 0 Å². The summed E-state index contributed by atoms with van der Waals surface area (Å²) in [5.74, 6) is 0.450. The Kier molecular flexibility index (Phi) is 6.24. The average molecular weight is 289 g/mol. The van der Waals surface area contributed by atoms with E-state index in [0.717, 1.165) is 19.5 Å². The molecule has 21 heavy (non-hydrogen) atoms. The summed E-state index contributed by atoms with van der Waals surface area (Å²) in [6.07, 6.45) is 4.73. The van der Waals surface area contributed by atoms with E-state index in [1.165, 1.54) is 30.4 Å². The molecule has 3 nitrogen and oxygen atoms in total. The number of hydrogen-bond donors (Lipinski definition) is 0. The third-order valence-electron chi connectivity index (χ3n) is 4.17. The lowest BCUT2D eigenvalue weighted by Gasteiger charge is -2.30. The fourth-order valence-electron chi connectivity index (χ4n) is 3.30. The molecule has 0 bridgehead atoms. The van der Waals surface area contributed by atoms with Crippen LogP contribution in [-0.2, 0) is 16.0 Å². The summed E-state index contributed by atoms with van der Waals surface area (Å²) in [5, 5.41) is 0. The van der Waals surface area contributed by atoms with Gasteiger partial charge in [0.2, 0.25) is 0 Å². The second-order valence-corrected chi connectivity index (χ2v) is 5.83. The van der Waals surface area contributed by atoms with Crippen molar-refractivity contribution in [1.82, 2.24) is 4.90 Å². The van der Waals surface area contributed by atoms with Crippen LogP contribution in [0.15, 0.2) is 24.3 Å². The Labute approximate surface area is 128 Å². The fourth-order valence-corrected chi connectivity index (χ4v) is 3.30. The average Bonchev–Trinajstić information content (AvgIpc) is 2.48. The Morgan fingerprint density at radius 3 is 2.90 bits per heavy atom. The van der Waals surface area contributed by atoms with Gasteiger partial charge in [-0.25, -0.2) is 0 Å². The van der Waals surface area contributed by atoms with Gasteiger partial charge >= 0.3 is 5.97 Å². The Morgan fingerprint density at radius 2 is 2.14 bits per heavy atom. The molecule has 0 spiro atoms. The molecule has 0 fully saturated rings. The SMILES string of the molecule is CCCN(CC(=O)OCC)CC1CCCc2ccccc21. The molecule has 3 heteroatoms. The highest BCUT2D eigenvalue weighted by molar-refractivity contribution is 5.71. The monoisotopic (exact) mass is 289 g/mol. The van der Waals surface area contributed by atoms with Gasteiger partial charge < -0.3 is 4.74 Å². The lowest BCUT2D eigenvalue weighted by atomic mass is 9.82. The van der Waals surface area contributed by atoms with E-state index < -0.39 is 0 Å². The molecule has 0 heterocycles. The molecule has 116 valence electrons. The summed E-state index contributed by atoms with van der Waals surface area (Å²) < 4.78 is 5.10. The molecule has 0 radical (unpaired) electrons. The summed E-state index contributed by atoms with van der Waals surface area (Å²) in [7, 11) is 0. The maximum atomic E-state index is 11.8. The third kappa shape index (κ3) is 4.57. The smallest absolute Gasteiger partial charge is 0.320 e. The largest absolute Gasteiger partial charge is 0.465 e. The molecule has 1 aromatic rings. The van der Waals surface area contributed by atoms with Crippen LogP contribution in [0.5, 0.6) is 0 Å². The van der Waals surface area contributed by atoms with Crippen molar-refractivity contribution in [2.75, 3.05) is 26.2 Å². The van der Waals surface area contributed by atoms with Crippen LogP contribution < -0.4 is 0 Å². The molecule has 0 amide bonds. The van der Waals surface area contributed by atoms with E-state index in [2.05, 4.69) is 36.1 Å². The number of benzene rings is 1. The van der Waals surface area contributed by atoms with E-state index in [9.17, 15) is 4.79 Å². The summed E-state index contributed by atoms with van der Waals surface area (Å²) in [6, 6.07) is 8.76. The number of carbonyl (C=O) groups excluding carboxylic acids is 1. The molecule has 0 aliphatic heterocycles. The van der Waals surface area contributed by atoms with Crippen molar-refractivity contribution in [2.45, 2.75) is 45.4 Å². The lowest BCUT2D eigenvalue weighted by Crippen LogP contribution is -2.36. The van der Waals surface area contributed by atoms with Gasteiger partial charge in [-0.2, -0.15) is 0 Å². The van der Waals surface area contributed by atoms with Crippen molar-refractivity contribution in [3.8, 4) is 0 Å². The third-order valence-corrected chi connectivity index (χ3v) is 4.17. The topological polar surface area (TPSA) is 29.5 Å². The zero-order chi connectivity index (χ0) is 15.1. The van der Waals surface area contributed by atoms with Gasteiger partial charge in [0.1, 0.15) is 0 Å². The van der Waals surface area contributed by atoms with Crippen LogP contribution in [0.2, 0.25) is 0 Å². The predicted molar refractivity (Wildman–Crippen MR) is 85.5 cm³/mol. The number of aryl methyl sites for hydroxylation is 1. The van der Waals surface area contributed by atoms with Crippen molar-refractivity contribution < 1.29 is 9.53 Å². The van der Waals surface area contributed by atoms with Gasteiger partial charge in [0.05, 0.1) is 13.2 Å². The number of hydrogen-bond acceptors (Lipinski definition) is 3. The first-order valence-electron chi connectivity index (χ1n) is 8.20. The van der Waals surface area contributed by atoms with Crippen molar-refractivity contribution >= 4 is 5.97 Å². The van der Waals surface area contributed by atoms with Gasteiger partial charge in [0.25, 0.3) is 0 Å². The van der Waals surface area contributed by atoms with Crippen LogP contribution in [-0.4, -0.2) is 37.1 Å². The van der Waals surface area contributed by atoms with Gasteiger partial charge in [-0.05, 0) is 56.2 Å². The van der Waals surface area contributed by atoms with E-state index >= 15 is 0 Å². The number of carbonyl (C=O) groups is 1. The zero-order valence-corrected chi connectivity index (χ0v) is 13.3. The first kappa shape index (κ1) is 16.0. The van der Waals surface area contributed by atoms with Crippen molar-refractivity contribution in [3.05, 3.63) is 35.4 Å². The van der Waals surface area contributed by atoms with Crippen molar-refractivity contribution in [3.63, 3.8) is 0 Å². The molecule has 1 atom stereocenters. The molecule has 1 aliphatic carbocycles. The highest BCUT2D eigenvalue weighted by Gasteiger charge is 2.23. The summed E-state index contributed by atoms with van der Waals surface area (Å²) in [4.78, 5) is 14.0. The van der Waals surface area contributed by atoms with E-state index in [-0.39, 0.29) is 5.97 Å². The van der Waals surface area contributed by atoms with Gasteiger partial charge in [-0.15, -0.1) is 0 Å². The van der Waals surface area contributed by atoms with Gasteiger partial charge in [-0.3, -0.25) is 9.69 Å². The maximum Gasteiger partial charge on any atom is 0.320 e. The maximum absolute atomic E-state index is 11.8. The molecule has 0 N–H and O–H groups in total. The zero-order valence-electron chi connectivity index (χ0n) is 13.3. The molecule has 0 aromatic heterocycles. The second kappa shape index (κ2) is 8.18. The second-order valence-electron chi connectivity index (χ2n) is 5.83. The van der Waals surface area contributed by atoms with Crippen LogP contribution in [0, 0.1) is 0 Å². The molecule has 1 unspecified atom stereocenters. The van der Waals surface area contributed by atoms with Crippen LogP contribution in [0.1, 0.15) is 50.2 Å². The Balaban J connectivity index is 2.02. The molecular weight excluding hydrogens is 262 g/mol. The van der Waals surface area contributed by atoms with E-state index in [4.69, 9.17) is 4.74 Å². The minimum Gasteiger partial charge on any atom is -0.465 e. The summed E-state index contributed by atoms with van der Waals surface area (Å²) >= 11 is 0. The van der Waals surface area contributed by atoms with E-state index in [1.54, 1.807) is 0 Å². The first-order chi connectivity index (χ1) is 10.2. The standard InChI is InChI=1S/C18H27NO2/c1-3-12-19(14-18(20)21-4-2)13-16-10-7-9-15-8-5-6-11-17(15)16/h5-6,8,11,16H,3-4,7,9-10,12-14H2,1-2H3. The minimum atomic E-state index is -0.102. The van der Waals surface area contributed by atoms with Crippen LogP contribution >= 0.6 is 0 Å². The van der Waals surface area contributed by atoms with Gasteiger partial charge in [0, 0.05) is 6.54 Å².